The molecule has 1 fully saturated rings. The number of benzene rings is 3. The van der Waals surface area contributed by atoms with Crippen LogP contribution in [0.25, 0.3) is 16.7 Å². The maximum atomic E-state index is 15.3. The molecule has 0 unspecified atom stereocenters. The molecule has 206 valence electrons. The molecule has 0 radical (unpaired) electrons. The van der Waals surface area contributed by atoms with E-state index in [1.165, 1.54) is 24.4 Å². The Hall–Kier alpha value is -4.95. The molecule has 0 amide bonds. The van der Waals surface area contributed by atoms with Gasteiger partial charge in [0, 0.05) is 42.5 Å². The Morgan fingerprint density at radius 2 is 1.88 bits per heavy atom. The van der Waals surface area contributed by atoms with Crippen molar-refractivity contribution in [2.45, 2.75) is 32.1 Å². The summed E-state index contributed by atoms with van der Waals surface area (Å²) in [6.07, 6.45) is 3.04. The second-order valence-corrected chi connectivity index (χ2v) is 9.66. The van der Waals surface area contributed by atoms with Crippen molar-refractivity contribution in [1.29, 1.82) is 5.26 Å². The van der Waals surface area contributed by atoms with Crippen molar-refractivity contribution < 1.29 is 27.4 Å². The third kappa shape index (κ3) is 5.29. The molecule has 8 nitrogen and oxygen atoms in total. The van der Waals surface area contributed by atoms with E-state index in [1.54, 1.807) is 18.2 Å². The average molecular weight is 558 g/mol. The van der Waals surface area contributed by atoms with Crippen LogP contribution in [-0.4, -0.2) is 38.3 Å². The van der Waals surface area contributed by atoms with Crippen LogP contribution in [0.5, 0.6) is 5.88 Å². The molecular formula is C30H22F3N5O3. The van der Waals surface area contributed by atoms with Gasteiger partial charge >= 0.3 is 0 Å². The van der Waals surface area contributed by atoms with E-state index in [0.717, 1.165) is 41.1 Å². The molecule has 5 aromatic rings. The molecule has 11 heteroatoms. The van der Waals surface area contributed by atoms with Crippen LogP contribution in [0.4, 0.5) is 13.2 Å². The smallest absolute Gasteiger partial charge is 0.233 e. The maximum absolute atomic E-state index is 15.3. The van der Waals surface area contributed by atoms with Crippen molar-refractivity contribution in [2.75, 3.05) is 6.61 Å². The van der Waals surface area contributed by atoms with Crippen LogP contribution in [0.3, 0.4) is 0 Å². The van der Waals surface area contributed by atoms with Gasteiger partial charge in [-0.1, -0.05) is 6.07 Å². The average Bonchev–Trinajstić information content (AvgIpc) is 3.55. The molecule has 2 aromatic heterocycles. The molecule has 1 aliphatic rings. The lowest BCUT2D eigenvalue weighted by atomic mass is 10.1. The molecule has 0 spiro atoms. The summed E-state index contributed by atoms with van der Waals surface area (Å²) >= 11 is 0. The van der Waals surface area contributed by atoms with Gasteiger partial charge in [0.1, 0.15) is 41.9 Å². The highest BCUT2D eigenvalue weighted by molar-refractivity contribution is 5.85. The second-order valence-electron chi connectivity index (χ2n) is 9.66. The van der Waals surface area contributed by atoms with Crippen LogP contribution in [0, 0.1) is 28.8 Å². The lowest BCUT2D eigenvalue weighted by Crippen LogP contribution is -2.31. The number of halogens is 3. The number of fused-ring (bicyclic) bond motifs is 1. The summed E-state index contributed by atoms with van der Waals surface area (Å²) in [4.78, 5) is 16.0. The zero-order chi connectivity index (χ0) is 28.5. The minimum atomic E-state index is -0.706. The van der Waals surface area contributed by atoms with Gasteiger partial charge in [-0.15, -0.1) is 5.10 Å². The molecule has 6 rings (SSSR count). The zero-order valence-electron chi connectivity index (χ0n) is 21.6. The van der Waals surface area contributed by atoms with Gasteiger partial charge in [0.2, 0.25) is 5.88 Å². The molecule has 1 atom stereocenters. The molecule has 41 heavy (non-hydrogen) atoms. The standard InChI is InChI=1S/C30H22F3N5O3/c31-23-9-18(14-34)1-3-20(23)17-41-30-5-7-38(36-30)27-13-24(32)21(11-25(27)33)12-29-35-26-4-2-19(16-39)10-28(26)37(29)15-22-6-8-40-22/h1-5,7,9-11,13,16,22H,6,8,12,15,17H2/t22-/m0/s1. The summed E-state index contributed by atoms with van der Waals surface area (Å²) in [6, 6.07) is 14.6. The number of carbonyl (C=O) groups is 1. The lowest BCUT2D eigenvalue weighted by molar-refractivity contribution is -0.0589. The van der Waals surface area contributed by atoms with E-state index in [4.69, 9.17) is 14.7 Å². The Morgan fingerprint density at radius 3 is 2.61 bits per heavy atom. The summed E-state index contributed by atoms with van der Waals surface area (Å²) in [5.74, 6) is -1.34. The Morgan fingerprint density at radius 1 is 1.05 bits per heavy atom. The quantitative estimate of drug-likeness (QED) is 0.229. The van der Waals surface area contributed by atoms with E-state index in [-0.39, 0.29) is 47.4 Å². The fraction of sp³-hybridized carbons (Fsp3) is 0.200. The fourth-order valence-electron chi connectivity index (χ4n) is 4.70. The summed E-state index contributed by atoms with van der Waals surface area (Å²) in [6.45, 7) is 0.990. The Bertz CT molecular complexity index is 1820. The fourth-order valence-corrected chi connectivity index (χ4v) is 4.70. The number of imidazole rings is 1. The first-order valence-corrected chi connectivity index (χ1v) is 12.8. The molecule has 3 heterocycles. The van der Waals surface area contributed by atoms with Gasteiger partial charge in [-0.05, 0) is 48.4 Å². The van der Waals surface area contributed by atoms with E-state index in [0.29, 0.717) is 30.1 Å². The maximum Gasteiger partial charge on any atom is 0.233 e. The van der Waals surface area contributed by atoms with Crippen molar-refractivity contribution in [1.82, 2.24) is 19.3 Å². The van der Waals surface area contributed by atoms with Gasteiger partial charge in [0.05, 0.1) is 35.3 Å². The molecule has 1 aliphatic heterocycles. The van der Waals surface area contributed by atoms with Gasteiger partial charge in [-0.25, -0.2) is 22.8 Å². The molecule has 0 bridgehead atoms. The highest BCUT2D eigenvalue weighted by atomic mass is 19.1. The van der Waals surface area contributed by atoms with Gasteiger partial charge in [-0.2, -0.15) is 5.26 Å². The summed E-state index contributed by atoms with van der Waals surface area (Å²) in [5, 5.41) is 13.0. The number of nitriles is 1. The number of aldehydes is 1. The zero-order valence-corrected chi connectivity index (χ0v) is 21.6. The Labute approximate surface area is 232 Å². The topological polar surface area (TPSA) is 95.0 Å². The van der Waals surface area contributed by atoms with Crippen molar-refractivity contribution in [3.8, 4) is 17.6 Å². The highest BCUT2D eigenvalue weighted by Gasteiger charge is 2.23. The number of nitrogens with zero attached hydrogens (tertiary/aromatic N) is 5. The number of hydrogen-bond donors (Lipinski definition) is 0. The molecule has 3 aromatic carbocycles. The van der Waals surface area contributed by atoms with Crippen LogP contribution in [0.2, 0.25) is 0 Å². The van der Waals surface area contributed by atoms with Gasteiger partial charge < -0.3 is 14.0 Å². The van der Waals surface area contributed by atoms with Gasteiger partial charge in [0.15, 0.2) is 0 Å². The van der Waals surface area contributed by atoms with Gasteiger partial charge in [-0.3, -0.25) is 4.79 Å². The molecular weight excluding hydrogens is 535 g/mol. The first-order chi connectivity index (χ1) is 19.9. The van der Waals surface area contributed by atoms with Gasteiger partial charge in [0.25, 0.3) is 0 Å². The van der Waals surface area contributed by atoms with Crippen LogP contribution >= 0.6 is 0 Å². The molecule has 0 saturated carbocycles. The third-order valence-corrected chi connectivity index (χ3v) is 7.00. The number of aromatic nitrogens is 4. The number of ether oxygens (including phenoxy) is 2. The summed E-state index contributed by atoms with van der Waals surface area (Å²) in [5.41, 5.74) is 2.25. The second kappa shape index (κ2) is 10.9. The monoisotopic (exact) mass is 557 g/mol. The van der Waals surface area contributed by atoms with Crippen LogP contribution in [-0.2, 0) is 24.3 Å². The van der Waals surface area contributed by atoms with Crippen LogP contribution in [0.15, 0.2) is 60.8 Å². The van der Waals surface area contributed by atoms with E-state index in [1.807, 2.05) is 10.6 Å². The van der Waals surface area contributed by atoms with Crippen molar-refractivity contribution >= 4 is 17.3 Å². The normalized spacial score (nSPS) is 14.5. The molecule has 0 N–H and O–H groups in total. The van der Waals surface area contributed by atoms with E-state index >= 15 is 8.78 Å². The van der Waals surface area contributed by atoms with Crippen molar-refractivity contribution in [3.63, 3.8) is 0 Å². The summed E-state index contributed by atoms with van der Waals surface area (Å²) < 4.78 is 58.8. The number of hydrogen-bond acceptors (Lipinski definition) is 6. The minimum Gasteiger partial charge on any atom is -0.472 e. The van der Waals surface area contributed by atoms with E-state index in [2.05, 4.69) is 10.1 Å². The predicted molar refractivity (Wildman–Crippen MR) is 141 cm³/mol. The largest absolute Gasteiger partial charge is 0.472 e. The van der Waals surface area contributed by atoms with Crippen LogP contribution in [0.1, 0.15) is 39.3 Å². The lowest BCUT2D eigenvalue weighted by Gasteiger charge is -2.27. The first-order valence-electron chi connectivity index (χ1n) is 12.8. The summed E-state index contributed by atoms with van der Waals surface area (Å²) in [7, 11) is 0. The van der Waals surface area contributed by atoms with Crippen LogP contribution < -0.4 is 4.74 Å². The first kappa shape index (κ1) is 26.3. The van der Waals surface area contributed by atoms with E-state index < -0.39 is 17.5 Å². The Kier molecular flexibility index (Phi) is 6.99. The SMILES string of the molecule is N#Cc1ccc(COc2ccn(-c3cc(F)c(Cc4nc5ccc(C=O)cc5n4C[C@@H]4CCO4)cc3F)n2)c(F)c1. The molecule has 1 saturated heterocycles. The Balaban J connectivity index is 1.23. The van der Waals surface area contributed by atoms with E-state index in [9.17, 15) is 9.18 Å². The van der Waals surface area contributed by atoms with Crippen molar-refractivity contribution in [2.24, 2.45) is 0 Å². The third-order valence-electron chi connectivity index (χ3n) is 7.00. The number of rotatable bonds is 9. The minimum absolute atomic E-state index is 0.0142. The molecule has 0 aliphatic carbocycles. The highest BCUT2D eigenvalue weighted by Crippen LogP contribution is 2.26. The predicted octanol–water partition coefficient (Wildman–Crippen LogP) is 5.28. The van der Waals surface area contributed by atoms with Crippen molar-refractivity contribution in [3.05, 3.63) is 106 Å². The number of carbonyl (C=O) groups excluding carboxylic acids is 1.